The second-order valence-electron chi connectivity index (χ2n) is 3.29. The van der Waals surface area contributed by atoms with E-state index in [1.165, 1.54) is 0 Å². The Morgan fingerprint density at radius 1 is 1.54 bits per heavy atom. The number of ketones is 1. The van der Waals surface area contributed by atoms with E-state index in [4.69, 9.17) is 0 Å². The molecule has 0 aromatic carbocycles. The van der Waals surface area contributed by atoms with Gasteiger partial charge in [-0.1, -0.05) is 6.07 Å². The summed E-state index contributed by atoms with van der Waals surface area (Å²) in [5.41, 5.74) is 1.05. The quantitative estimate of drug-likeness (QED) is 0.706. The van der Waals surface area contributed by atoms with Gasteiger partial charge in [0.05, 0.1) is 0 Å². The summed E-state index contributed by atoms with van der Waals surface area (Å²) in [5, 5.41) is 0. The Bertz CT molecular complexity index is 337. The number of rotatable bonds is 1. The molecule has 0 saturated heterocycles. The van der Waals surface area contributed by atoms with Crippen LogP contribution in [0.3, 0.4) is 0 Å². The molecule has 0 spiro atoms. The maximum absolute atomic E-state index is 11.5. The van der Waals surface area contributed by atoms with Gasteiger partial charge >= 0.3 is 0 Å². The van der Waals surface area contributed by atoms with Gasteiger partial charge in [0.25, 0.3) is 0 Å². The molecule has 0 amide bonds. The third-order valence-electron chi connectivity index (χ3n) is 2.47. The number of aromatic nitrogens is 1. The summed E-state index contributed by atoms with van der Waals surface area (Å²) in [5.74, 6) is 0.441. The van der Waals surface area contributed by atoms with Crippen molar-refractivity contribution in [1.29, 1.82) is 0 Å². The van der Waals surface area contributed by atoms with E-state index in [9.17, 15) is 4.79 Å². The summed E-state index contributed by atoms with van der Waals surface area (Å²) in [6.45, 7) is 0. The molecule has 3 heteroatoms. The van der Waals surface area contributed by atoms with Gasteiger partial charge in [0.1, 0.15) is 10.4 Å². The van der Waals surface area contributed by atoms with Crippen molar-refractivity contribution in [3.8, 4) is 0 Å². The number of Topliss-reactive ketones (excluding diaryl/α,β-unsaturated/α-hetero) is 1. The molecule has 1 aliphatic carbocycles. The maximum Gasteiger partial charge on any atom is 0.140 e. The van der Waals surface area contributed by atoms with Crippen molar-refractivity contribution in [1.82, 2.24) is 4.98 Å². The van der Waals surface area contributed by atoms with E-state index in [0.717, 1.165) is 29.4 Å². The molecule has 1 aromatic heterocycles. The number of nitrogens with zero attached hydrogens (tertiary/aromatic N) is 1. The molecule has 1 aromatic rings. The largest absolute Gasteiger partial charge is 0.299 e. The van der Waals surface area contributed by atoms with E-state index >= 15 is 0 Å². The number of hydrogen-bond donors (Lipinski definition) is 0. The Hall–Kier alpha value is -0.700. The lowest BCUT2D eigenvalue weighted by molar-refractivity contribution is -0.118. The number of carbonyl (C=O) groups is 1. The normalized spacial score (nSPS) is 22.2. The summed E-state index contributed by atoms with van der Waals surface area (Å²) in [6, 6.07) is 3.86. The zero-order valence-corrected chi connectivity index (χ0v) is 8.75. The minimum Gasteiger partial charge on any atom is -0.299 e. The second kappa shape index (κ2) is 3.58. The average Bonchev–Trinajstić information content (AvgIpc) is 2.52. The van der Waals surface area contributed by atoms with Crippen LogP contribution in [0, 0.1) is 0 Å². The van der Waals surface area contributed by atoms with Crippen LogP contribution in [0.4, 0.5) is 0 Å². The first kappa shape index (κ1) is 8.88. The molecule has 2 rings (SSSR count). The van der Waals surface area contributed by atoms with Crippen LogP contribution in [0.2, 0.25) is 0 Å². The minimum atomic E-state index is 0.0862. The van der Waals surface area contributed by atoms with E-state index in [0.29, 0.717) is 5.78 Å². The van der Waals surface area contributed by atoms with Crippen molar-refractivity contribution in [2.24, 2.45) is 0 Å². The molecule has 0 N–H and O–H groups in total. The zero-order chi connectivity index (χ0) is 9.26. The molecule has 0 bridgehead atoms. The zero-order valence-electron chi connectivity index (χ0n) is 7.16. The van der Waals surface area contributed by atoms with Crippen LogP contribution in [0.1, 0.15) is 30.7 Å². The van der Waals surface area contributed by atoms with Gasteiger partial charge in [0, 0.05) is 18.5 Å². The predicted octanol–water partition coefficient (Wildman–Crippen LogP) is 2.68. The van der Waals surface area contributed by atoms with Gasteiger partial charge in [0.2, 0.25) is 0 Å². The van der Waals surface area contributed by atoms with E-state index in [2.05, 4.69) is 20.9 Å². The number of carbonyl (C=O) groups excluding carboxylic acids is 1. The molecule has 1 atom stereocenters. The fourth-order valence-corrected chi connectivity index (χ4v) is 2.33. The number of pyridine rings is 1. The topological polar surface area (TPSA) is 30.0 Å². The third kappa shape index (κ3) is 1.66. The summed E-state index contributed by atoms with van der Waals surface area (Å²) in [6.07, 6.45) is 4.45. The van der Waals surface area contributed by atoms with Crippen molar-refractivity contribution in [2.75, 3.05) is 0 Å². The second-order valence-corrected chi connectivity index (χ2v) is 4.05. The van der Waals surface area contributed by atoms with Crippen LogP contribution in [0.15, 0.2) is 22.9 Å². The lowest BCUT2D eigenvalue weighted by Gasteiger charge is -2.08. The predicted molar refractivity (Wildman–Crippen MR) is 53.5 cm³/mol. The fraction of sp³-hybridized carbons (Fsp3) is 0.400. The summed E-state index contributed by atoms with van der Waals surface area (Å²) in [7, 11) is 0. The highest BCUT2D eigenvalue weighted by Gasteiger charge is 2.27. The summed E-state index contributed by atoms with van der Waals surface area (Å²) >= 11 is 3.37. The van der Waals surface area contributed by atoms with Crippen molar-refractivity contribution < 1.29 is 4.79 Å². The summed E-state index contributed by atoms with van der Waals surface area (Å²) < 4.78 is 0.815. The lowest BCUT2D eigenvalue weighted by atomic mass is 9.99. The SMILES string of the molecule is O=C1CCCC1c1cccnc1Br. The van der Waals surface area contributed by atoms with Crippen LogP contribution in [-0.4, -0.2) is 10.8 Å². The Kier molecular flexibility index (Phi) is 2.44. The van der Waals surface area contributed by atoms with E-state index in [1.807, 2.05) is 12.1 Å². The molecule has 1 fully saturated rings. The first-order valence-corrected chi connectivity index (χ1v) is 5.21. The smallest absolute Gasteiger partial charge is 0.140 e. The van der Waals surface area contributed by atoms with Crippen LogP contribution >= 0.6 is 15.9 Å². The molecular formula is C10H10BrNO. The van der Waals surface area contributed by atoms with Gasteiger partial charge in [-0.25, -0.2) is 4.98 Å². The van der Waals surface area contributed by atoms with Crippen LogP contribution in [-0.2, 0) is 4.79 Å². The van der Waals surface area contributed by atoms with Crippen LogP contribution < -0.4 is 0 Å². The van der Waals surface area contributed by atoms with E-state index in [-0.39, 0.29) is 5.92 Å². The molecular weight excluding hydrogens is 230 g/mol. The lowest BCUT2D eigenvalue weighted by Crippen LogP contribution is -2.05. The Balaban J connectivity index is 2.34. The third-order valence-corrected chi connectivity index (χ3v) is 3.13. The van der Waals surface area contributed by atoms with Gasteiger partial charge < -0.3 is 0 Å². The molecule has 68 valence electrons. The summed E-state index contributed by atoms with van der Waals surface area (Å²) in [4.78, 5) is 15.6. The van der Waals surface area contributed by atoms with Gasteiger partial charge in [-0.2, -0.15) is 0 Å². The van der Waals surface area contributed by atoms with Crippen molar-refractivity contribution in [3.05, 3.63) is 28.5 Å². The molecule has 2 nitrogen and oxygen atoms in total. The van der Waals surface area contributed by atoms with Crippen molar-refractivity contribution in [2.45, 2.75) is 25.2 Å². The Labute approximate surface area is 85.5 Å². The van der Waals surface area contributed by atoms with Gasteiger partial charge in [-0.3, -0.25) is 4.79 Å². The van der Waals surface area contributed by atoms with E-state index in [1.54, 1.807) is 6.20 Å². The highest BCUT2D eigenvalue weighted by Crippen LogP contribution is 2.33. The number of hydrogen-bond acceptors (Lipinski definition) is 2. The highest BCUT2D eigenvalue weighted by molar-refractivity contribution is 9.10. The molecule has 0 aliphatic heterocycles. The average molecular weight is 240 g/mol. The van der Waals surface area contributed by atoms with Gasteiger partial charge in [-0.15, -0.1) is 0 Å². The molecule has 1 heterocycles. The molecule has 1 unspecified atom stereocenters. The van der Waals surface area contributed by atoms with Crippen LogP contribution in [0.5, 0.6) is 0 Å². The molecule has 1 saturated carbocycles. The highest BCUT2D eigenvalue weighted by atomic mass is 79.9. The first-order valence-electron chi connectivity index (χ1n) is 4.42. The van der Waals surface area contributed by atoms with E-state index < -0.39 is 0 Å². The number of halogens is 1. The Morgan fingerprint density at radius 2 is 2.38 bits per heavy atom. The van der Waals surface area contributed by atoms with Crippen LogP contribution in [0.25, 0.3) is 0 Å². The minimum absolute atomic E-state index is 0.0862. The standard InChI is InChI=1S/C10H10BrNO/c11-10-8(4-2-6-12-10)7-3-1-5-9(7)13/h2,4,6-7H,1,3,5H2. The van der Waals surface area contributed by atoms with Gasteiger partial charge in [0.15, 0.2) is 0 Å². The monoisotopic (exact) mass is 239 g/mol. The maximum atomic E-state index is 11.5. The van der Waals surface area contributed by atoms with Crippen molar-refractivity contribution in [3.63, 3.8) is 0 Å². The fourth-order valence-electron chi connectivity index (χ4n) is 1.80. The molecule has 13 heavy (non-hydrogen) atoms. The molecule has 0 radical (unpaired) electrons. The van der Waals surface area contributed by atoms with Gasteiger partial charge in [-0.05, 0) is 40.4 Å². The van der Waals surface area contributed by atoms with Crippen molar-refractivity contribution >= 4 is 21.7 Å². The molecule has 1 aliphatic rings. The first-order chi connectivity index (χ1) is 6.29. The Morgan fingerprint density at radius 3 is 3.00 bits per heavy atom.